The van der Waals surface area contributed by atoms with Crippen LogP contribution in [0.25, 0.3) is 11.4 Å². The zero-order chi connectivity index (χ0) is 22.3. The zero-order valence-corrected chi connectivity index (χ0v) is 18.0. The molecule has 0 radical (unpaired) electrons. The molecule has 160 valence electrons. The Hall–Kier alpha value is -3.52. The minimum absolute atomic E-state index is 0.0434. The second-order valence-corrected chi connectivity index (χ2v) is 8.15. The molecule has 0 aromatic carbocycles. The maximum absolute atomic E-state index is 13.8. The summed E-state index contributed by atoms with van der Waals surface area (Å²) in [7, 11) is 3.95. The predicted octanol–water partition coefficient (Wildman–Crippen LogP) is -0.285. The van der Waals surface area contributed by atoms with Gasteiger partial charge in [0.05, 0.1) is 44.6 Å². The van der Waals surface area contributed by atoms with E-state index in [0.29, 0.717) is 35.7 Å². The van der Waals surface area contributed by atoms with E-state index in [0.717, 1.165) is 10.5 Å². The fourth-order valence-electron chi connectivity index (χ4n) is 4.05. The highest BCUT2D eigenvalue weighted by molar-refractivity contribution is 6.46. The van der Waals surface area contributed by atoms with Crippen LogP contribution in [-0.4, -0.2) is 58.1 Å². The van der Waals surface area contributed by atoms with E-state index in [2.05, 4.69) is 9.97 Å². The number of nitrogens with one attached hydrogen (secondary N) is 1. The number of hydrogen-bond donors (Lipinski definition) is 1. The van der Waals surface area contributed by atoms with Gasteiger partial charge in [0.15, 0.2) is 0 Å². The second-order valence-electron chi connectivity index (χ2n) is 8.15. The monoisotopic (exact) mass is 419 g/mol. The van der Waals surface area contributed by atoms with Crippen molar-refractivity contribution in [2.45, 2.75) is 19.9 Å². The van der Waals surface area contributed by atoms with Crippen molar-refractivity contribution in [3.63, 3.8) is 0 Å². The van der Waals surface area contributed by atoms with Crippen LogP contribution >= 0.6 is 0 Å². The summed E-state index contributed by atoms with van der Waals surface area (Å²) in [5.41, 5.74) is 3.01. The maximum atomic E-state index is 13.8. The third kappa shape index (κ3) is 3.48. The van der Waals surface area contributed by atoms with Gasteiger partial charge in [-0.2, -0.15) is 0 Å². The molecule has 3 aromatic heterocycles. The molecule has 0 bridgehead atoms. The number of imidazole rings is 1. The van der Waals surface area contributed by atoms with Crippen LogP contribution in [0.4, 0.5) is 0 Å². The number of likely N-dealkylation sites (tertiary alicyclic amines) is 1. The summed E-state index contributed by atoms with van der Waals surface area (Å²) in [6.07, 6.45) is 4.98. The number of pyridine rings is 2. The first-order chi connectivity index (χ1) is 14.8. The first-order valence-electron chi connectivity index (χ1n) is 10.2. The van der Waals surface area contributed by atoms with Crippen molar-refractivity contribution < 1.29 is 19.6 Å². The smallest absolute Gasteiger partial charge is 0.295 e. The molecule has 8 nitrogen and oxygen atoms in total. The number of quaternary nitrogens is 1. The molecule has 1 N–H and O–H groups in total. The van der Waals surface area contributed by atoms with E-state index in [4.69, 9.17) is 0 Å². The molecule has 8 heteroatoms. The molecule has 1 atom stereocenters. The molecule has 4 rings (SSSR count). The highest BCUT2D eigenvalue weighted by Gasteiger charge is 2.44. The summed E-state index contributed by atoms with van der Waals surface area (Å²) in [4.78, 5) is 37.3. The van der Waals surface area contributed by atoms with Crippen LogP contribution in [-0.2, 0) is 9.59 Å². The Labute approximate surface area is 180 Å². The molecular weight excluding hydrogens is 394 g/mol. The van der Waals surface area contributed by atoms with E-state index in [1.165, 1.54) is 4.90 Å². The molecule has 1 fully saturated rings. The lowest BCUT2D eigenvalue weighted by Gasteiger charge is -2.27. The first kappa shape index (κ1) is 20.7. The molecule has 31 heavy (non-hydrogen) atoms. The minimum atomic E-state index is -0.768. The molecule has 0 saturated carbocycles. The van der Waals surface area contributed by atoms with E-state index >= 15 is 0 Å². The van der Waals surface area contributed by atoms with Crippen molar-refractivity contribution in [1.29, 1.82) is 0 Å². The lowest BCUT2D eigenvalue weighted by Crippen LogP contribution is -3.06. The summed E-state index contributed by atoms with van der Waals surface area (Å²) in [5, 5.41) is 13.8. The van der Waals surface area contributed by atoms with Gasteiger partial charge in [0.2, 0.25) is 5.78 Å². The van der Waals surface area contributed by atoms with Gasteiger partial charge in [-0.1, -0.05) is 17.9 Å². The van der Waals surface area contributed by atoms with Crippen LogP contribution in [0.2, 0.25) is 0 Å². The normalized spacial score (nSPS) is 18.5. The predicted molar refractivity (Wildman–Crippen MR) is 113 cm³/mol. The zero-order valence-electron chi connectivity index (χ0n) is 18.0. The Kier molecular flexibility index (Phi) is 5.32. The number of nitrogens with zero attached hydrogens (tertiary/aromatic N) is 4. The van der Waals surface area contributed by atoms with Crippen molar-refractivity contribution in [3.05, 3.63) is 70.9 Å². The molecule has 1 amide bonds. The third-order valence-corrected chi connectivity index (χ3v) is 5.62. The molecule has 1 aliphatic rings. The molecular formula is C23H25N5O3. The number of carbonyl (C=O) groups excluding carboxylic acids is 2. The largest absolute Gasteiger partial charge is 0.871 e. The molecule has 0 aliphatic carbocycles. The first-order valence-corrected chi connectivity index (χ1v) is 10.2. The van der Waals surface area contributed by atoms with Crippen LogP contribution in [0.3, 0.4) is 0 Å². The molecule has 1 unspecified atom stereocenters. The summed E-state index contributed by atoms with van der Waals surface area (Å²) >= 11 is 0. The van der Waals surface area contributed by atoms with E-state index < -0.39 is 23.5 Å². The Bertz CT molecular complexity index is 1200. The van der Waals surface area contributed by atoms with E-state index in [1.54, 1.807) is 42.0 Å². The number of rotatable bonds is 5. The van der Waals surface area contributed by atoms with Crippen molar-refractivity contribution in [2.24, 2.45) is 0 Å². The van der Waals surface area contributed by atoms with Gasteiger partial charge in [-0.3, -0.25) is 14.6 Å². The van der Waals surface area contributed by atoms with Gasteiger partial charge in [0, 0.05) is 24.2 Å². The van der Waals surface area contributed by atoms with Crippen LogP contribution in [0.15, 0.2) is 48.4 Å². The Morgan fingerprint density at radius 1 is 1.19 bits per heavy atom. The third-order valence-electron chi connectivity index (χ3n) is 5.62. The molecule has 3 aromatic rings. The molecule has 4 heterocycles. The van der Waals surface area contributed by atoms with Crippen LogP contribution in [0.1, 0.15) is 28.6 Å². The van der Waals surface area contributed by atoms with Crippen molar-refractivity contribution in [3.8, 4) is 0 Å². The highest BCUT2D eigenvalue weighted by atomic mass is 16.3. The number of Topliss-reactive ketones (excluding diaryl/α,β-unsaturated/α-hetero) is 1. The lowest BCUT2D eigenvalue weighted by atomic mass is 9.97. The van der Waals surface area contributed by atoms with Crippen molar-refractivity contribution in [1.82, 2.24) is 19.3 Å². The number of carbonyl (C=O) groups is 2. The van der Waals surface area contributed by atoms with Gasteiger partial charge in [-0.15, -0.1) is 0 Å². The summed E-state index contributed by atoms with van der Waals surface area (Å²) in [6.45, 7) is 4.66. The van der Waals surface area contributed by atoms with Gasteiger partial charge in [-0.25, -0.2) is 4.98 Å². The van der Waals surface area contributed by atoms with Gasteiger partial charge < -0.3 is 19.3 Å². The topological polar surface area (TPSA) is 95.1 Å². The number of amides is 1. The summed E-state index contributed by atoms with van der Waals surface area (Å²) < 4.78 is 1.70. The van der Waals surface area contributed by atoms with Gasteiger partial charge >= 0.3 is 0 Å². The van der Waals surface area contributed by atoms with Gasteiger partial charge in [-0.05, 0) is 37.1 Å². The Balaban J connectivity index is 1.94. The number of likely N-dealkylation sites (N-methyl/N-ethyl adjacent to an activating group) is 1. The fourth-order valence-corrected chi connectivity index (χ4v) is 4.05. The lowest BCUT2D eigenvalue weighted by molar-refractivity contribution is -0.857. The Morgan fingerprint density at radius 3 is 2.65 bits per heavy atom. The van der Waals surface area contributed by atoms with E-state index in [9.17, 15) is 14.7 Å². The Morgan fingerprint density at radius 2 is 1.97 bits per heavy atom. The van der Waals surface area contributed by atoms with Crippen molar-refractivity contribution >= 4 is 23.1 Å². The summed E-state index contributed by atoms with van der Waals surface area (Å²) in [5.74, 6) is -1.88. The number of fused-ring (bicyclic) bond motifs is 1. The number of aromatic nitrogens is 3. The fraction of sp³-hybridized carbons (Fsp3) is 0.304. The minimum Gasteiger partial charge on any atom is -0.871 e. The average molecular weight is 419 g/mol. The van der Waals surface area contributed by atoms with Gasteiger partial charge in [0.25, 0.3) is 5.91 Å². The van der Waals surface area contributed by atoms with E-state index in [1.807, 2.05) is 33.2 Å². The average Bonchev–Trinajstić information content (AvgIpc) is 3.21. The van der Waals surface area contributed by atoms with Crippen LogP contribution in [0, 0.1) is 13.8 Å². The van der Waals surface area contributed by atoms with Gasteiger partial charge in [0.1, 0.15) is 5.65 Å². The number of ketones is 1. The number of aryl methyl sites for hydroxylation is 2. The SMILES string of the molecule is Cc1nc2c(C)cccn2c1C([O-])=C1C(=O)C(=O)N(CC[NH+](C)C)C1c1cccnc1. The van der Waals surface area contributed by atoms with Crippen LogP contribution < -0.4 is 10.0 Å². The second kappa shape index (κ2) is 7.96. The van der Waals surface area contributed by atoms with Crippen LogP contribution in [0.5, 0.6) is 0 Å². The summed E-state index contributed by atoms with van der Waals surface area (Å²) in [6, 6.07) is 6.50. The van der Waals surface area contributed by atoms with Crippen molar-refractivity contribution in [2.75, 3.05) is 27.2 Å². The quantitative estimate of drug-likeness (QED) is 0.349. The molecule has 1 saturated heterocycles. The molecule has 0 spiro atoms. The highest BCUT2D eigenvalue weighted by Crippen LogP contribution is 2.38. The standard InChI is InChI=1S/C23H25N5O3/c1-14-7-6-10-27-18(15(2)25-22(14)27)20(29)17-19(16-8-5-9-24-13-16)28(12-11-26(3)4)23(31)21(17)30/h5-10,13,19,29H,11-12H2,1-4H3. The van der Waals surface area contributed by atoms with E-state index in [-0.39, 0.29) is 5.57 Å². The number of hydrogen-bond acceptors (Lipinski definition) is 5. The molecule has 1 aliphatic heterocycles. The maximum Gasteiger partial charge on any atom is 0.295 e.